The van der Waals surface area contributed by atoms with Crippen molar-refractivity contribution in [2.24, 2.45) is 5.10 Å². The first-order valence-electron chi connectivity index (χ1n) is 10.5. The SMILES string of the molecule is CC/C(=N\NC(=O)c1cc(-c2ccc(C(C)C)cc2)nc2ccccc12)c1cccs1. The number of nitrogens with one attached hydrogen (secondary N) is 1. The van der Waals surface area contributed by atoms with Gasteiger partial charge in [0.05, 0.1) is 27.4 Å². The van der Waals surface area contributed by atoms with E-state index in [9.17, 15) is 4.79 Å². The van der Waals surface area contributed by atoms with Gasteiger partial charge in [-0.2, -0.15) is 5.10 Å². The van der Waals surface area contributed by atoms with Crippen LogP contribution < -0.4 is 5.43 Å². The Labute approximate surface area is 186 Å². The van der Waals surface area contributed by atoms with Gasteiger partial charge in [0.15, 0.2) is 0 Å². The Morgan fingerprint density at radius 2 is 1.84 bits per heavy atom. The molecule has 2 aromatic heterocycles. The van der Waals surface area contributed by atoms with Crippen molar-refractivity contribution < 1.29 is 4.79 Å². The molecule has 2 aromatic carbocycles. The highest BCUT2D eigenvalue weighted by molar-refractivity contribution is 7.12. The quantitative estimate of drug-likeness (QED) is 0.277. The summed E-state index contributed by atoms with van der Waals surface area (Å²) in [5.74, 6) is 0.232. The molecule has 156 valence electrons. The number of rotatable bonds is 6. The first-order valence-corrected chi connectivity index (χ1v) is 11.4. The molecule has 0 spiro atoms. The number of aromatic nitrogens is 1. The van der Waals surface area contributed by atoms with E-state index in [4.69, 9.17) is 4.98 Å². The third-order valence-corrected chi connectivity index (χ3v) is 6.19. The minimum absolute atomic E-state index is 0.235. The van der Waals surface area contributed by atoms with Gasteiger partial charge in [0.25, 0.3) is 5.91 Å². The summed E-state index contributed by atoms with van der Waals surface area (Å²) >= 11 is 1.62. The normalized spacial score (nSPS) is 11.8. The van der Waals surface area contributed by atoms with Crippen molar-refractivity contribution >= 4 is 33.9 Å². The van der Waals surface area contributed by atoms with Gasteiger partial charge in [-0.1, -0.05) is 69.3 Å². The second kappa shape index (κ2) is 9.23. The number of hydrogen-bond donors (Lipinski definition) is 1. The first-order chi connectivity index (χ1) is 15.1. The van der Waals surface area contributed by atoms with Gasteiger partial charge in [0.1, 0.15) is 0 Å². The average molecular weight is 428 g/mol. The smallest absolute Gasteiger partial charge is 0.267 e. The fourth-order valence-corrected chi connectivity index (χ4v) is 4.27. The summed E-state index contributed by atoms with van der Waals surface area (Å²) in [5, 5.41) is 7.23. The molecular formula is C26H25N3OS. The molecule has 0 saturated heterocycles. The van der Waals surface area contributed by atoms with E-state index in [0.717, 1.165) is 39.2 Å². The van der Waals surface area contributed by atoms with Crippen molar-refractivity contribution in [3.8, 4) is 11.3 Å². The van der Waals surface area contributed by atoms with Crippen molar-refractivity contribution in [1.29, 1.82) is 0 Å². The van der Waals surface area contributed by atoms with Crippen LogP contribution in [0.25, 0.3) is 22.2 Å². The number of fused-ring (bicyclic) bond motifs is 1. The molecule has 0 unspecified atom stereocenters. The molecular weight excluding hydrogens is 402 g/mol. The lowest BCUT2D eigenvalue weighted by atomic mass is 9.99. The summed E-state index contributed by atoms with van der Waals surface area (Å²) in [5.41, 5.74) is 8.02. The summed E-state index contributed by atoms with van der Waals surface area (Å²) in [7, 11) is 0. The predicted octanol–water partition coefficient (Wildman–Crippen LogP) is 6.63. The van der Waals surface area contributed by atoms with Gasteiger partial charge >= 0.3 is 0 Å². The van der Waals surface area contributed by atoms with Crippen LogP contribution >= 0.6 is 11.3 Å². The Balaban J connectivity index is 1.72. The molecule has 0 bridgehead atoms. The van der Waals surface area contributed by atoms with Crippen LogP contribution in [0.5, 0.6) is 0 Å². The Morgan fingerprint density at radius 1 is 1.06 bits per heavy atom. The lowest BCUT2D eigenvalue weighted by Gasteiger charge is -2.11. The van der Waals surface area contributed by atoms with E-state index in [0.29, 0.717) is 11.5 Å². The zero-order valence-electron chi connectivity index (χ0n) is 17.9. The number of hydrogen-bond acceptors (Lipinski definition) is 4. The fourth-order valence-electron chi connectivity index (χ4n) is 3.48. The maximum Gasteiger partial charge on any atom is 0.272 e. The van der Waals surface area contributed by atoms with E-state index in [1.165, 1.54) is 5.56 Å². The predicted molar refractivity (Wildman–Crippen MR) is 130 cm³/mol. The van der Waals surface area contributed by atoms with E-state index in [1.54, 1.807) is 11.3 Å². The molecule has 0 aliphatic heterocycles. The Kier molecular flexibility index (Phi) is 6.23. The molecule has 0 aliphatic carbocycles. The fraction of sp³-hybridized carbons (Fsp3) is 0.192. The van der Waals surface area contributed by atoms with Crippen LogP contribution in [0.4, 0.5) is 0 Å². The van der Waals surface area contributed by atoms with Crippen molar-refractivity contribution in [3.05, 3.63) is 88.1 Å². The van der Waals surface area contributed by atoms with Gasteiger partial charge in [-0.05, 0) is 41.5 Å². The maximum absolute atomic E-state index is 13.1. The molecule has 0 fully saturated rings. The summed E-state index contributed by atoms with van der Waals surface area (Å²) in [6.45, 7) is 6.38. The third-order valence-electron chi connectivity index (χ3n) is 5.27. The monoisotopic (exact) mass is 427 g/mol. The molecule has 5 heteroatoms. The number of carbonyl (C=O) groups excluding carboxylic acids is 1. The molecule has 1 N–H and O–H groups in total. The van der Waals surface area contributed by atoms with Gasteiger partial charge in [0.2, 0.25) is 0 Å². The number of thiophene rings is 1. The average Bonchev–Trinajstić information content (AvgIpc) is 3.33. The van der Waals surface area contributed by atoms with Gasteiger partial charge in [0, 0.05) is 10.9 Å². The van der Waals surface area contributed by atoms with Crippen LogP contribution in [0.2, 0.25) is 0 Å². The van der Waals surface area contributed by atoms with Crippen LogP contribution in [0, 0.1) is 0 Å². The minimum Gasteiger partial charge on any atom is -0.267 e. The van der Waals surface area contributed by atoms with Crippen molar-refractivity contribution in [3.63, 3.8) is 0 Å². The van der Waals surface area contributed by atoms with E-state index >= 15 is 0 Å². The number of carbonyl (C=O) groups is 1. The lowest BCUT2D eigenvalue weighted by Crippen LogP contribution is -2.20. The largest absolute Gasteiger partial charge is 0.272 e. The van der Waals surface area contributed by atoms with Crippen LogP contribution in [-0.2, 0) is 0 Å². The molecule has 4 nitrogen and oxygen atoms in total. The van der Waals surface area contributed by atoms with Crippen LogP contribution in [0.3, 0.4) is 0 Å². The molecule has 1 amide bonds. The number of benzene rings is 2. The summed E-state index contributed by atoms with van der Waals surface area (Å²) in [6.07, 6.45) is 0.741. The highest BCUT2D eigenvalue weighted by Gasteiger charge is 2.14. The molecule has 0 saturated carbocycles. The van der Waals surface area contributed by atoms with E-state index < -0.39 is 0 Å². The van der Waals surface area contributed by atoms with E-state index in [-0.39, 0.29) is 5.91 Å². The maximum atomic E-state index is 13.1. The Morgan fingerprint density at radius 3 is 2.52 bits per heavy atom. The van der Waals surface area contributed by atoms with Crippen LogP contribution in [0.15, 0.2) is 77.2 Å². The Bertz CT molecular complexity index is 1230. The summed E-state index contributed by atoms with van der Waals surface area (Å²) < 4.78 is 0. The summed E-state index contributed by atoms with van der Waals surface area (Å²) in [6, 6.07) is 21.9. The van der Waals surface area contributed by atoms with Crippen molar-refractivity contribution in [1.82, 2.24) is 10.4 Å². The Hall–Kier alpha value is -3.31. The topological polar surface area (TPSA) is 54.4 Å². The number of amides is 1. The van der Waals surface area contributed by atoms with E-state index in [1.807, 2.05) is 54.8 Å². The van der Waals surface area contributed by atoms with Gasteiger partial charge in [-0.15, -0.1) is 11.3 Å². The molecule has 4 rings (SSSR count). The van der Waals surface area contributed by atoms with E-state index in [2.05, 4.69) is 48.6 Å². The standard InChI is InChI=1S/C26H25N3OS/c1-4-22(25-10-7-15-31-25)28-29-26(30)21-16-24(27-23-9-6-5-8-20(21)23)19-13-11-18(12-14-19)17(2)3/h5-17H,4H2,1-3H3,(H,29,30)/b28-22+. The van der Waals surface area contributed by atoms with Crippen LogP contribution in [0.1, 0.15) is 53.9 Å². The molecule has 4 aromatic rings. The number of hydrazone groups is 1. The number of para-hydroxylation sites is 1. The van der Waals surface area contributed by atoms with Gasteiger partial charge in [-0.3, -0.25) is 4.79 Å². The molecule has 2 heterocycles. The number of pyridine rings is 1. The first kappa shape index (κ1) is 20.9. The second-order valence-electron chi connectivity index (χ2n) is 7.68. The molecule has 0 atom stereocenters. The molecule has 31 heavy (non-hydrogen) atoms. The highest BCUT2D eigenvalue weighted by atomic mass is 32.1. The lowest BCUT2D eigenvalue weighted by molar-refractivity contribution is 0.0956. The third kappa shape index (κ3) is 4.57. The highest BCUT2D eigenvalue weighted by Crippen LogP contribution is 2.26. The van der Waals surface area contributed by atoms with Gasteiger partial charge in [-0.25, -0.2) is 10.4 Å². The number of nitrogens with zero attached hydrogens (tertiary/aromatic N) is 2. The summed E-state index contributed by atoms with van der Waals surface area (Å²) in [4.78, 5) is 19.0. The van der Waals surface area contributed by atoms with Crippen molar-refractivity contribution in [2.75, 3.05) is 0 Å². The minimum atomic E-state index is -0.235. The molecule has 0 aliphatic rings. The van der Waals surface area contributed by atoms with Crippen molar-refractivity contribution in [2.45, 2.75) is 33.1 Å². The van der Waals surface area contributed by atoms with Gasteiger partial charge < -0.3 is 0 Å². The zero-order valence-corrected chi connectivity index (χ0v) is 18.7. The zero-order chi connectivity index (χ0) is 21.8. The molecule has 0 radical (unpaired) electrons. The second-order valence-corrected chi connectivity index (χ2v) is 8.63. The van der Waals surface area contributed by atoms with Crippen LogP contribution in [-0.4, -0.2) is 16.6 Å².